The van der Waals surface area contributed by atoms with Gasteiger partial charge in [0.2, 0.25) is 0 Å². The van der Waals surface area contributed by atoms with Crippen LogP contribution in [0.3, 0.4) is 0 Å². The molecule has 0 aromatic rings. The standard InChI is InChI=1S/C13H27N3OSi/c1-10-11(15-16-14)8-7-9-12(10)17-18(5,6)13(2,3)4/h10-12H,7-9H2,1-6H3/t10-,11+,12-/m1/s1. The third-order valence-corrected chi connectivity index (χ3v) is 9.14. The molecule has 1 saturated carbocycles. The van der Waals surface area contributed by atoms with Crippen LogP contribution in [-0.4, -0.2) is 20.5 Å². The first kappa shape index (κ1) is 15.5. The largest absolute Gasteiger partial charge is 0.414 e. The first-order valence-electron chi connectivity index (χ1n) is 6.91. The quantitative estimate of drug-likeness (QED) is 0.312. The van der Waals surface area contributed by atoms with E-state index in [0.29, 0.717) is 5.92 Å². The molecule has 4 nitrogen and oxygen atoms in total. The minimum absolute atomic E-state index is 0.110. The Kier molecular flexibility index (Phi) is 4.87. The number of nitrogens with zero attached hydrogens (tertiary/aromatic N) is 3. The Labute approximate surface area is 112 Å². The van der Waals surface area contributed by atoms with E-state index in [2.05, 4.69) is 50.8 Å². The van der Waals surface area contributed by atoms with Crippen molar-refractivity contribution < 1.29 is 4.43 Å². The lowest BCUT2D eigenvalue weighted by Gasteiger charge is -2.43. The van der Waals surface area contributed by atoms with Gasteiger partial charge >= 0.3 is 0 Å². The second kappa shape index (κ2) is 5.64. The van der Waals surface area contributed by atoms with Crippen molar-refractivity contribution in [1.82, 2.24) is 0 Å². The van der Waals surface area contributed by atoms with E-state index in [1.165, 1.54) is 0 Å². The van der Waals surface area contributed by atoms with Gasteiger partial charge in [0, 0.05) is 17.1 Å². The van der Waals surface area contributed by atoms with Crippen LogP contribution >= 0.6 is 0 Å². The van der Waals surface area contributed by atoms with Gasteiger partial charge in [0.15, 0.2) is 8.32 Å². The fourth-order valence-corrected chi connectivity index (χ4v) is 3.70. The van der Waals surface area contributed by atoms with E-state index in [-0.39, 0.29) is 17.2 Å². The van der Waals surface area contributed by atoms with Crippen LogP contribution in [0, 0.1) is 5.92 Å². The Hall–Kier alpha value is -0.513. The molecule has 0 heterocycles. The lowest BCUT2D eigenvalue weighted by molar-refractivity contribution is 0.0762. The van der Waals surface area contributed by atoms with Crippen LogP contribution in [0.2, 0.25) is 18.1 Å². The fourth-order valence-electron chi connectivity index (χ4n) is 2.25. The molecule has 18 heavy (non-hydrogen) atoms. The molecule has 1 aliphatic carbocycles. The van der Waals surface area contributed by atoms with Crippen LogP contribution in [0.25, 0.3) is 10.4 Å². The van der Waals surface area contributed by atoms with E-state index < -0.39 is 8.32 Å². The highest BCUT2D eigenvalue weighted by atomic mass is 28.4. The van der Waals surface area contributed by atoms with E-state index in [9.17, 15) is 0 Å². The molecule has 0 N–H and O–H groups in total. The average molecular weight is 269 g/mol. The van der Waals surface area contributed by atoms with E-state index in [0.717, 1.165) is 19.3 Å². The predicted octanol–water partition coefficient (Wildman–Crippen LogP) is 4.88. The highest BCUT2D eigenvalue weighted by molar-refractivity contribution is 6.74. The Morgan fingerprint density at radius 2 is 1.89 bits per heavy atom. The molecular formula is C13H27N3OSi. The van der Waals surface area contributed by atoms with Crippen LogP contribution < -0.4 is 0 Å². The molecule has 3 atom stereocenters. The van der Waals surface area contributed by atoms with Crippen molar-refractivity contribution in [1.29, 1.82) is 0 Å². The summed E-state index contributed by atoms with van der Waals surface area (Å²) in [6.07, 6.45) is 3.47. The highest BCUT2D eigenvalue weighted by Gasteiger charge is 2.41. The predicted molar refractivity (Wildman–Crippen MR) is 78.0 cm³/mol. The third-order valence-electron chi connectivity index (χ3n) is 4.63. The Morgan fingerprint density at radius 1 is 1.28 bits per heavy atom. The van der Waals surface area contributed by atoms with Crippen molar-refractivity contribution in [3.63, 3.8) is 0 Å². The molecule has 1 rings (SSSR count). The minimum atomic E-state index is -1.72. The van der Waals surface area contributed by atoms with E-state index in [1.54, 1.807) is 0 Å². The summed E-state index contributed by atoms with van der Waals surface area (Å²) in [6, 6.07) is 0.110. The maximum absolute atomic E-state index is 8.61. The smallest absolute Gasteiger partial charge is 0.192 e. The van der Waals surface area contributed by atoms with Gasteiger partial charge in [0.25, 0.3) is 0 Å². The van der Waals surface area contributed by atoms with Gasteiger partial charge in [-0.15, -0.1) is 0 Å². The van der Waals surface area contributed by atoms with Crippen molar-refractivity contribution in [3.8, 4) is 0 Å². The van der Waals surface area contributed by atoms with Crippen molar-refractivity contribution in [2.45, 2.75) is 77.2 Å². The summed E-state index contributed by atoms with van der Waals surface area (Å²) in [7, 11) is -1.72. The Morgan fingerprint density at radius 3 is 2.39 bits per heavy atom. The van der Waals surface area contributed by atoms with Crippen molar-refractivity contribution in [2.24, 2.45) is 11.0 Å². The van der Waals surface area contributed by atoms with Crippen LogP contribution in [0.1, 0.15) is 47.0 Å². The summed E-state index contributed by atoms with van der Waals surface area (Å²) in [4.78, 5) is 2.97. The fraction of sp³-hybridized carbons (Fsp3) is 1.00. The molecule has 0 aromatic carbocycles. The summed E-state index contributed by atoms with van der Waals surface area (Å²) < 4.78 is 6.49. The zero-order valence-corrected chi connectivity index (χ0v) is 13.6. The summed E-state index contributed by atoms with van der Waals surface area (Å²) in [5.74, 6) is 0.337. The van der Waals surface area contributed by atoms with Gasteiger partial charge in [-0.05, 0) is 42.4 Å². The zero-order valence-electron chi connectivity index (χ0n) is 12.6. The first-order valence-corrected chi connectivity index (χ1v) is 9.82. The summed E-state index contributed by atoms with van der Waals surface area (Å²) in [5.41, 5.74) is 8.61. The molecular weight excluding hydrogens is 242 g/mol. The highest BCUT2D eigenvalue weighted by Crippen LogP contribution is 2.40. The first-order chi connectivity index (χ1) is 8.19. The maximum Gasteiger partial charge on any atom is 0.192 e. The van der Waals surface area contributed by atoms with Gasteiger partial charge in [-0.1, -0.05) is 39.2 Å². The molecule has 0 radical (unpaired) electrons. The van der Waals surface area contributed by atoms with Crippen molar-refractivity contribution in [3.05, 3.63) is 10.4 Å². The number of azide groups is 1. The van der Waals surface area contributed by atoms with E-state index in [1.807, 2.05) is 0 Å². The lowest BCUT2D eigenvalue weighted by Crippen LogP contribution is -2.48. The molecule has 5 heteroatoms. The van der Waals surface area contributed by atoms with Crippen molar-refractivity contribution >= 4 is 8.32 Å². The second-order valence-electron chi connectivity index (χ2n) is 6.98. The zero-order chi connectivity index (χ0) is 14.0. The third kappa shape index (κ3) is 3.50. The topological polar surface area (TPSA) is 58.0 Å². The number of hydrogen-bond donors (Lipinski definition) is 0. The SMILES string of the molecule is C[C@@H]1[C@@H](N=[N+]=[N-])CCC[C@H]1O[Si](C)(C)C(C)(C)C. The molecule has 0 amide bonds. The minimum Gasteiger partial charge on any atom is -0.414 e. The van der Waals surface area contributed by atoms with E-state index in [4.69, 9.17) is 9.96 Å². The summed E-state index contributed by atoms with van der Waals surface area (Å²) in [5, 5.41) is 4.16. The molecule has 1 fully saturated rings. The van der Waals surface area contributed by atoms with Crippen LogP contribution in [-0.2, 0) is 4.43 Å². The normalized spacial score (nSPS) is 29.8. The number of hydrogen-bond acceptors (Lipinski definition) is 2. The van der Waals surface area contributed by atoms with Gasteiger partial charge < -0.3 is 4.43 Å². The maximum atomic E-state index is 8.61. The second-order valence-corrected chi connectivity index (χ2v) is 11.7. The Balaban J connectivity index is 2.75. The van der Waals surface area contributed by atoms with Gasteiger partial charge in [-0.3, -0.25) is 0 Å². The molecule has 0 aliphatic heterocycles. The van der Waals surface area contributed by atoms with Crippen molar-refractivity contribution in [2.75, 3.05) is 0 Å². The molecule has 0 unspecified atom stereocenters. The van der Waals surface area contributed by atoms with Gasteiger partial charge in [0.05, 0.1) is 0 Å². The molecule has 104 valence electrons. The van der Waals surface area contributed by atoms with Crippen LogP contribution in [0.4, 0.5) is 0 Å². The average Bonchev–Trinajstić information content (AvgIpc) is 2.22. The van der Waals surface area contributed by atoms with Gasteiger partial charge in [-0.25, -0.2) is 0 Å². The molecule has 0 aromatic heterocycles. The lowest BCUT2D eigenvalue weighted by atomic mass is 9.84. The summed E-state index contributed by atoms with van der Waals surface area (Å²) >= 11 is 0. The number of rotatable bonds is 3. The molecule has 0 saturated heterocycles. The summed E-state index contributed by atoms with van der Waals surface area (Å²) in [6.45, 7) is 13.5. The monoisotopic (exact) mass is 269 g/mol. The molecule has 0 bridgehead atoms. The molecule has 1 aliphatic rings. The van der Waals surface area contributed by atoms with Crippen LogP contribution in [0.5, 0.6) is 0 Å². The van der Waals surface area contributed by atoms with E-state index >= 15 is 0 Å². The van der Waals surface area contributed by atoms with Gasteiger partial charge in [0.1, 0.15) is 0 Å². The Bertz CT molecular complexity index is 332. The van der Waals surface area contributed by atoms with Gasteiger partial charge in [-0.2, -0.15) is 0 Å². The molecule has 0 spiro atoms. The van der Waals surface area contributed by atoms with Crippen LogP contribution in [0.15, 0.2) is 5.11 Å².